The van der Waals surface area contributed by atoms with Crippen LogP contribution in [0.25, 0.3) is 11.7 Å². The monoisotopic (exact) mass is 586 g/mol. The number of nitrogens with zero attached hydrogens (tertiary/aromatic N) is 5. The second kappa shape index (κ2) is 13.0. The van der Waals surface area contributed by atoms with E-state index in [1.165, 1.54) is 18.4 Å². The Hall–Kier alpha value is -3.84. The van der Waals surface area contributed by atoms with Crippen LogP contribution in [0.15, 0.2) is 59.6 Å². The van der Waals surface area contributed by atoms with Crippen LogP contribution in [0, 0.1) is 0 Å². The average molecular weight is 587 g/mol. The molecule has 10 nitrogen and oxygen atoms in total. The summed E-state index contributed by atoms with van der Waals surface area (Å²) in [7, 11) is 0. The SMILES string of the molecule is O=C(NCC(=O)N1CCC2C1CCN2C1CCC(O)CC1)c1cccc(C(F)(F)F)c1.c1cnc(-c2ncco2)nc1. The number of alkyl halides is 3. The summed E-state index contributed by atoms with van der Waals surface area (Å²) in [5.41, 5.74) is -1.01. The minimum atomic E-state index is -4.53. The van der Waals surface area contributed by atoms with Gasteiger partial charge in [-0.15, -0.1) is 0 Å². The number of oxazole rings is 1. The lowest BCUT2D eigenvalue weighted by molar-refractivity contribution is -0.137. The van der Waals surface area contributed by atoms with Crippen LogP contribution in [0.4, 0.5) is 13.2 Å². The molecule has 13 heteroatoms. The van der Waals surface area contributed by atoms with Gasteiger partial charge in [-0.3, -0.25) is 14.5 Å². The van der Waals surface area contributed by atoms with Crippen LogP contribution in [0.2, 0.25) is 0 Å². The number of carbonyl (C=O) groups is 2. The topological polar surface area (TPSA) is 125 Å². The zero-order chi connectivity index (χ0) is 29.7. The number of carbonyl (C=O) groups excluding carboxylic acids is 2. The first-order chi connectivity index (χ1) is 20.2. The maximum absolute atomic E-state index is 12.9. The molecular weight excluding hydrogens is 553 g/mol. The van der Waals surface area contributed by atoms with Gasteiger partial charge in [-0.25, -0.2) is 15.0 Å². The molecule has 2 aliphatic heterocycles. The summed E-state index contributed by atoms with van der Waals surface area (Å²) >= 11 is 0. The minimum absolute atomic E-state index is 0.116. The number of hydrogen-bond donors (Lipinski definition) is 2. The van der Waals surface area contributed by atoms with Gasteiger partial charge in [-0.1, -0.05) is 6.07 Å². The number of likely N-dealkylation sites (tertiary alicyclic amines) is 2. The lowest BCUT2D eigenvalue weighted by atomic mass is 9.91. The number of fused-ring (bicyclic) bond motifs is 1. The summed E-state index contributed by atoms with van der Waals surface area (Å²) in [6.07, 6.45) is 6.99. The molecule has 42 heavy (non-hydrogen) atoms. The summed E-state index contributed by atoms with van der Waals surface area (Å²) < 4.78 is 43.5. The van der Waals surface area contributed by atoms with E-state index in [-0.39, 0.29) is 30.2 Å². The number of nitrogens with one attached hydrogen (secondary N) is 1. The highest BCUT2D eigenvalue weighted by atomic mass is 19.4. The minimum Gasteiger partial charge on any atom is -0.442 e. The van der Waals surface area contributed by atoms with Crippen molar-refractivity contribution in [2.45, 2.75) is 68.9 Å². The molecule has 224 valence electrons. The summed E-state index contributed by atoms with van der Waals surface area (Å²) in [4.78, 5) is 41.1. The van der Waals surface area contributed by atoms with Gasteiger partial charge in [0.05, 0.1) is 24.4 Å². The van der Waals surface area contributed by atoms with E-state index >= 15 is 0 Å². The smallest absolute Gasteiger partial charge is 0.416 e. The third-order valence-corrected chi connectivity index (χ3v) is 8.12. The molecule has 2 amide bonds. The van der Waals surface area contributed by atoms with Crippen molar-refractivity contribution in [2.24, 2.45) is 0 Å². The Kier molecular flexibility index (Phi) is 9.17. The fourth-order valence-electron chi connectivity index (χ4n) is 6.11. The first-order valence-corrected chi connectivity index (χ1v) is 14.1. The Morgan fingerprint density at radius 1 is 0.952 bits per heavy atom. The van der Waals surface area contributed by atoms with Gasteiger partial charge >= 0.3 is 6.18 Å². The van der Waals surface area contributed by atoms with Crippen molar-refractivity contribution >= 4 is 11.8 Å². The van der Waals surface area contributed by atoms with Crippen LogP contribution in [0.5, 0.6) is 0 Å². The molecule has 4 heterocycles. The molecule has 2 saturated heterocycles. The van der Waals surface area contributed by atoms with Crippen LogP contribution in [-0.4, -0.2) is 85.5 Å². The third-order valence-electron chi connectivity index (χ3n) is 8.12. The van der Waals surface area contributed by atoms with Crippen molar-refractivity contribution < 1.29 is 32.3 Å². The number of hydrogen-bond acceptors (Lipinski definition) is 8. The van der Waals surface area contributed by atoms with E-state index in [0.29, 0.717) is 30.3 Å². The van der Waals surface area contributed by atoms with E-state index < -0.39 is 17.6 Å². The highest BCUT2D eigenvalue weighted by Gasteiger charge is 2.46. The van der Waals surface area contributed by atoms with Gasteiger partial charge in [0.1, 0.15) is 6.26 Å². The second-order valence-electron chi connectivity index (χ2n) is 10.7. The van der Waals surface area contributed by atoms with Crippen molar-refractivity contribution in [2.75, 3.05) is 19.6 Å². The van der Waals surface area contributed by atoms with E-state index in [0.717, 1.165) is 57.2 Å². The van der Waals surface area contributed by atoms with Crippen LogP contribution in [0.1, 0.15) is 54.4 Å². The van der Waals surface area contributed by atoms with Gasteiger partial charge in [-0.2, -0.15) is 13.2 Å². The summed E-state index contributed by atoms with van der Waals surface area (Å²) in [6, 6.07) is 6.81. The Bertz CT molecular complexity index is 1330. The second-order valence-corrected chi connectivity index (χ2v) is 10.7. The Morgan fingerprint density at radius 2 is 1.69 bits per heavy atom. The quantitative estimate of drug-likeness (QED) is 0.465. The molecule has 3 fully saturated rings. The van der Waals surface area contributed by atoms with Crippen molar-refractivity contribution in [3.05, 3.63) is 66.3 Å². The van der Waals surface area contributed by atoms with Gasteiger partial charge < -0.3 is 19.7 Å². The number of halogens is 3. The molecule has 1 aliphatic carbocycles. The normalized spacial score (nSPS) is 24.0. The molecule has 0 bridgehead atoms. The number of aromatic nitrogens is 3. The number of rotatable bonds is 5. The maximum Gasteiger partial charge on any atom is 0.416 e. The Balaban J connectivity index is 0.000000267. The van der Waals surface area contributed by atoms with Crippen LogP contribution in [-0.2, 0) is 11.0 Å². The molecule has 2 unspecified atom stereocenters. The Labute approximate surface area is 241 Å². The lowest BCUT2D eigenvalue weighted by Crippen LogP contribution is -2.46. The highest BCUT2D eigenvalue weighted by molar-refractivity contribution is 5.96. The molecule has 3 aliphatic rings. The number of aliphatic hydroxyl groups is 1. The Morgan fingerprint density at radius 3 is 2.38 bits per heavy atom. The molecule has 2 N–H and O–H groups in total. The van der Waals surface area contributed by atoms with Crippen molar-refractivity contribution in [3.8, 4) is 11.7 Å². The average Bonchev–Trinajstić information content (AvgIpc) is 3.76. The zero-order valence-electron chi connectivity index (χ0n) is 22.9. The summed E-state index contributed by atoms with van der Waals surface area (Å²) in [6.45, 7) is 1.32. The van der Waals surface area contributed by atoms with E-state index in [1.807, 2.05) is 4.90 Å². The third kappa shape index (κ3) is 6.96. The molecule has 2 atom stereocenters. The van der Waals surface area contributed by atoms with Crippen molar-refractivity contribution in [1.29, 1.82) is 0 Å². The van der Waals surface area contributed by atoms with E-state index in [1.54, 1.807) is 24.7 Å². The number of amides is 2. The fraction of sp³-hybridized carbons (Fsp3) is 0.483. The summed E-state index contributed by atoms with van der Waals surface area (Å²) in [5, 5.41) is 12.2. The number of aliphatic hydroxyl groups excluding tert-OH is 1. The molecule has 1 saturated carbocycles. The van der Waals surface area contributed by atoms with Crippen LogP contribution in [0.3, 0.4) is 0 Å². The fourth-order valence-corrected chi connectivity index (χ4v) is 6.11. The molecular formula is C29H33F3N6O4. The van der Waals surface area contributed by atoms with Crippen LogP contribution < -0.4 is 5.32 Å². The molecule has 2 aromatic heterocycles. The predicted octanol–water partition coefficient (Wildman–Crippen LogP) is 3.55. The van der Waals surface area contributed by atoms with Crippen molar-refractivity contribution in [1.82, 2.24) is 30.1 Å². The van der Waals surface area contributed by atoms with Gasteiger partial charge in [-0.05, 0) is 62.8 Å². The van der Waals surface area contributed by atoms with Gasteiger partial charge in [0.2, 0.25) is 11.7 Å². The number of benzene rings is 1. The maximum atomic E-state index is 12.9. The molecule has 0 spiro atoms. The van der Waals surface area contributed by atoms with E-state index in [9.17, 15) is 27.9 Å². The van der Waals surface area contributed by atoms with E-state index in [2.05, 4.69) is 25.2 Å². The van der Waals surface area contributed by atoms with Gasteiger partial charge in [0.25, 0.3) is 11.8 Å². The highest BCUT2D eigenvalue weighted by Crippen LogP contribution is 2.36. The molecule has 0 radical (unpaired) electrons. The largest absolute Gasteiger partial charge is 0.442 e. The lowest BCUT2D eigenvalue weighted by Gasteiger charge is -2.36. The summed E-state index contributed by atoms with van der Waals surface area (Å²) in [5.74, 6) is 0.0702. The van der Waals surface area contributed by atoms with Crippen LogP contribution >= 0.6 is 0 Å². The molecule has 1 aromatic carbocycles. The zero-order valence-corrected chi connectivity index (χ0v) is 22.9. The van der Waals surface area contributed by atoms with E-state index in [4.69, 9.17) is 4.42 Å². The van der Waals surface area contributed by atoms with Crippen molar-refractivity contribution in [3.63, 3.8) is 0 Å². The predicted molar refractivity (Wildman–Crippen MR) is 145 cm³/mol. The molecule has 6 rings (SSSR count). The van der Waals surface area contributed by atoms with Gasteiger partial charge in [0, 0.05) is 49.2 Å². The first-order valence-electron chi connectivity index (χ1n) is 14.1. The first kappa shape index (κ1) is 29.6. The standard InChI is InChI=1S/C22H28F3N3O3.C7H5N3O/c23-22(24,25)15-3-1-2-14(12-15)21(31)26-13-20(30)28-11-9-18-19(28)8-10-27(18)16-4-6-17(29)7-5-16;1-2-8-6(9-3-1)7-10-4-5-11-7/h1-3,12,16-19,29H,4-11,13H2,(H,26,31);1-5H. The molecule has 3 aromatic rings. The van der Waals surface area contributed by atoms with Gasteiger partial charge in [0.15, 0.2) is 0 Å².